The van der Waals surface area contributed by atoms with Crippen molar-refractivity contribution in [2.75, 3.05) is 39.6 Å². The van der Waals surface area contributed by atoms with Crippen LogP contribution in [0.1, 0.15) is 369 Å². The lowest BCUT2D eigenvalue weighted by Gasteiger charge is -2.21. The molecule has 3 N–H and O–H groups in total. The Labute approximate surface area is 556 Å². The van der Waals surface area contributed by atoms with E-state index in [4.69, 9.17) is 37.0 Å². The average molecular weight is 1340 g/mol. The first-order valence-corrected chi connectivity index (χ1v) is 40.5. The summed E-state index contributed by atoms with van der Waals surface area (Å²) in [4.78, 5) is 72.4. The summed E-state index contributed by atoms with van der Waals surface area (Å²) < 4.78 is 68.2. The van der Waals surface area contributed by atoms with Crippen molar-refractivity contribution in [3.05, 3.63) is 0 Å². The molecule has 0 heterocycles. The molecule has 17 nitrogen and oxygen atoms in total. The molecular weight excluding hydrogens is 1200 g/mol. The number of phosphoric acid groups is 2. The van der Waals surface area contributed by atoms with Crippen molar-refractivity contribution in [1.29, 1.82) is 0 Å². The number of hydrogen-bond donors (Lipinski definition) is 3. The quantitative estimate of drug-likeness (QED) is 0.0222. The third-order valence-corrected chi connectivity index (χ3v) is 18.6. The molecule has 91 heavy (non-hydrogen) atoms. The van der Waals surface area contributed by atoms with Crippen LogP contribution in [-0.2, 0) is 65.4 Å². The monoisotopic (exact) mass is 1340 g/mol. The molecular formula is C72H140O17P2. The van der Waals surface area contributed by atoms with Crippen LogP contribution in [-0.4, -0.2) is 96.7 Å². The maximum absolute atomic E-state index is 13.0. The number of carbonyl (C=O) groups excluding carboxylic acids is 4. The molecule has 0 aliphatic heterocycles. The van der Waals surface area contributed by atoms with Crippen LogP contribution in [0.2, 0.25) is 0 Å². The van der Waals surface area contributed by atoms with Gasteiger partial charge in [-0.05, 0) is 37.5 Å². The third-order valence-electron chi connectivity index (χ3n) is 16.7. The second kappa shape index (κ2) is 64.1. The van der Waals surface area contributed by atoms with Gasteiger partial charge in [-0.3, -0.25) is 37.3 Å². The molecule has 0 bridgehead atoms. The van der Waals surface area contributed by atoms with Crippen LogP contribution in [0.25, 0.3) is 0 Å². The van der Waals surface area contributed by atoms with Gasteiger partial charge >= 0.3 is 39.5 Å². The second-order valence-electron chi connectivity index (χ2n) is 26.9. The zero-order valence-electron chi connectivity index (χ0n) is 59.1. The summed E-state index contributed by atoms with van der Waals surface area (Å²) in [5.74, 6) is -0.667. The first kappa shape index (κ1) is 89.1. The van der Waals surface area contributed by atoms with Gasteiger partial charge in [-0.2, -0.15) is 0 Å². The van der Waals surface area contributed by atoms with Crippen LogP contribution < -0.4 is 0 Å². The van der Waals surface area contributed by atoms with Gasteiger partial charge in [0.1, 0.15) is 19.3 Å². The highest BCUT2D eigenvalue weighted by atomic mass is 31.2. The lowest BCUT2D eigenvalue weighted by atomic mass is 10.0. The van der Waals surface area contributed by atoms with Crippen molar-refractivity contribution in [2.45, 2.75) is 387 Å². The Bertz CT molecular complexity index is 1770. The average Bonchev–Trinajstić information content (AvgIpc) is 2.25. The number of phosphoric ester groups is 2. The summed E-state index contributed by atoms with van der Waals surface area (Å²) in [5, 5.41) is 10.6. The molecule has 0 saturated heterocycles. The van der Waals surface area contributed by atoms with Crippen molar-refractivity contribution in [2.24, 2.45) is 11.8 Å². The number of unbranched alkanes of at least 4 members (excludes halogenated alkanes) is 41. The maximum Gasteiger partial charge on any atom is 0.472 e. The van der Waals surface area contributed by atoms with Gasteiger partial charge in [-0.25, -0.2) is 9.13 Å². The van der Waals surface area contributed by atoms with E-state index in [1.165, 1.54) is 173 Å². The summed E-state index contributed by atoms with van der Waals surface area (Å²) in [6.07, 6.45) is 50.3. The lowest BCUT2D eigenvalue weighted by molar-refractivity contribution is -0.161. The second-order valence-corrected chi connectivity index (χ2v) is 29.8. The number of hydrogen-bond acceptors (Lipinski definition) is 15. The van der Waals surface area contributed by atoms with Gasteiger partial charge in [-0.15, -0.1) is 0 Å². The molecule has 0 aliphatic rings. The van der Waals surface area contributed by atoms with Crippen LogP contribution in [0, 0.1) is 11.8 Å². The molecule has 0 aliphatic carbocycles. The molecule has 0 aromatic heterocycles. The topological polar surface area (TPSA) is 237 Å². The Kier molecular flexibility index (Phi) is 62.7. The Morgan fingerprint density at radius 1 is 0.297 bits per heavy atom. The molecule has 0 aromatic carbocycles. The maximum atomic E-state index is 13.0. The van der Waals surface area contributed by atoms with E-state index in [-0.39, 0.29) is 25.7 Å². The zero-order valence-corrected chi connectivity index (χ0v) is 60.9. The lowest BCUT2D eigenvalue weighted by Crippen LogP contribution is -2.30. The molecule has 0 rings (SSSR count). The smallest absolute Gasteiger partial charge is 0.462 e. The predicted octanol–water partition coefficient (Wildman–Crippen LogP) is 20.8. The number of rotatable bonds is 71. The first-order chi connectivity index (χ1) is 43.9. The van der Waals surface area contributed by atoms with Crippen LogP contribution in [0.15, 0.2) is 0 Å². The van der Waals surface area contributed by atoms with Gasteiger partial charge in [-0.1, -0.05) is 318 Å². The molecule has 540 valence electrons. The molecule has 19 heteroatoms. The van der Waals surface area contributed by atoms with Crippen molar-refractivity contribution in [3.63, 3.8) is 0 Å². The van der Waals surface area contributed by atoms with Gasteiger partial charge in [0, 0.05) is 25.7 Å². The third kappa shape index (κ3) is 66.5. The molecule has 0 spiro atoms. The van der Waals surface area contributed by atoms with E-state index in [1.54, 1.807) is 0 Å². The summed E-state index contributed by atoms with van der Waals surface area (Å²) in [5.41, 5.74) is 0. The highest BCUT2D eigenvalue weighted by molar-refractivity contribution is 7.47. The molecule has 2 unspecified atom stereocenters. The fourth-order valence-electron chi connectivity index (χ4n) is 10.9. The molecule has 0 amide bonds. The summed E-state index contributed by atoms with van der Waals surface area (Å²) >= 11 is 0. The van der Waals surface area contributed by atoms with Crippen molar-refractivity contribution >= 4 is 39.5 Å². The zero-order chi connectivity index (χ0) is 67.2. The van der Waals surface area contributed by atoms with E-state index >= 15 is 0 Å². The van der Waals surface area contributed by atoms with Crippen molar-refractivity contribution in [1.82, 2.24) is 0 Å². The SMILES string of the molecule is CCCCCCCCCCCCCCCCCCCCCCCC(=O)O[C@H](COC(=O)CCCCCCCCCCCC(C)C)COP(=O)(O)OC[C@@H](O)COP(=O)(O)OC[C@@H](COC(=O)CCCCCCCCC)OC(=O)CCCCCCCCCCC(C)C. The van der Waals surface area contributed by atoms with Crippen LogP contribution >= 0.6 is 15.6 Å². The summed E-state index contributed by atoms with van der Waals surface area (Å²) in [6, 6.07) is 0. The largest absolute Gasteiger partial charge is 0.472 e. The van der Waals surface area contributed by atoms with E-state index in [0.717, 1.165) is 115 Å². The van der Waals surface area contributed by atoms with Crippen LogP contribution in [0.3, 0.4) is 0 Å². The number of esters is 4. The Balaban J connectivity index is 5.14. The molecule has 0 aromatic rings. The number of aliphatic hydroxyl groups is 1. The minimum atomic E-state index is -4.95. The Morgan fingerprint density at radius 3 is 0.747 bits per heavy atom. The predicted molar refractivity (Wildman–Crippen MR) is 368 cm³/mol. The van der Waals surface area contributed by atoms with E-state index in [1.807, 2.05) is 0 Å². The fourth-order valence-corrected chi connectivity index (χ4v) is 12.5. The molecule has 5 atom stereocenters. The van der Waals surface area contributed by atoms with Gasteiger partial charge in [0.25, 0.3) is 0 Å². The number of ether oxygens (including phenoxy) is 4. The van der Waals surface area contributed by atoms with E-state index < -0.39 is 97.5 Å². The van der Waals surface area contributed by atoms with Gasteiger partial charge in [0.15, 0.2) is 12.2 Å². The molecule has 0 saturated carbocycles. The van der Waals surface area contributed by atoms with E-state index in [0.29, 0.717) is 25.7 Å². The minimum absolute atomic E-state index is 0.104. The number of aliphatic hydroxyl groups excluding tert-OH is 1. The van der Waals surface area contributed by atoms with Crippen LogP contribution in [0.4, 0.5) is 0 Å². The van der Waals surface area contributed by atoms with Gasteiger partial charge < -0.3 is 33.8 Å². The highest BCUT2D eigenvalue weighted by Crippen LogP contribution is 2.45. The molecule has 0 radical (unpaired) electrons. The first-order valence-electron chi connectivity index (χ1n) is 37.5. The fraction of sp³-hybridized carbons (Fsp3) is 0.944. The highest BCUT2D eigenvalue weighted by Gasteiger charge is 2.30. The standard InChI is InChI=1S/C72H140O17P2/c1-7-9-11-13-15-16-17-18-19-20-21-22-23-24-25-26-27-30-38-44-50-56-71(76)88-68(61-83-70(75)55-49-43-37-31-28-29-35-40-46-52-64(3)4)63-87-91(80,81)85-59-66(73)58-84-90(78,79)86-62-67(60-82-69(74)54-48-42-34-14-12-10-8-2)89-72(77)57-51-45-39-33-32-36-41-47-53-65(5)6/h64-68,73H,7-63H2,1-6H3,(H,78,79)(H,80,81)/t66-,67+,68+/m0/s1. The van der Waals surface area contributed by atoms with E-state index in [2.05, 4.69) is 41.5 Å². The molecule has 0 fully saturated rings. The normalized spacial score (nSPS) is 14.1. The number of carbonyl (C=O) groups is 4. The minimum Gasteiger partial charge on any atom is -0.462 e. The van der Waals surface area contributed by atoms with E-state index in [9.17, 15) is 43.2 Å². The summed E-state index contributed by atoms with van der Waals surface area (Å²) in [7, 11) is -9.90. The van der Waals surface area contributed by atoms with Crippen LogP contribution in [0.5, 0.6) is 0 Å². The summed E-state index contributed by atoms with van der Waals surface area (Å²) in [6.45, 7) is 9.45. The van der Waals surface area contributed by atoms with Gasteiger partial charge in [0.05, 0.1) is 26.4 Å². The Morgan fingerprint density at radius 2 is 0.505 bits per heavy atom. The Hall–Kier alpha value is -1.94. The van der Waals surface area contributed by atoms with Crippen molar-refractivity contribution in [3.8, 4) is 0 Å². The van der Waals surface area contributed by atoms with Crippen molar-refractivity contribution < 1.29 is 80.2 Å². The van der Waals surface area contributed by atoms with Gasteiger partial charge in [0.2, 0.25) is 0 Å².